The van der Waals surface area contributed by atoms with Crippen molar-refractivity contribution in [2.24, 2.45) is 0 Å². The number of carbonyl (C=O) groups excluding carboxylic acids is 1. The zero-order chi connectivity index (χ0) is 16.8. The highest BCUT2D eigenvalue weighted by molar-refractivity contribution is 5.74. The molecule has 0 aliphatic carbocycles. The van der Waals surface area contributed by atoms with E-state index >= 15 is 0 Å². The average molecular weight is 301 g/mol. The lowest BCUT2D eigenvalue weighted by atomic mass is 10.1. The molecule has 0 fully saturated rings. The van der Waals surface area contributed by atoms with Gasteiger partial charge in [-0.05, 0) is 30.2 Å². The van der Waals surface area contributed by atoms with Crippen LogP contribution in [0.3, 0.4) is 0 Å². The molecule has 22 heavy (non-hydrogen) atoms. The predicted molar refractivity (Wildman–Crippen MR) is 95.1 cm³/mol. The molecule has 3 nitrogen and oxygen atoms in total. The molecule has 120 valence electrons. The lowest BCUT2D eigenvalue weighted by Gasteiger charge is -2.01. The first-order chi connectivity index (χ1) is 10.7. The highest BCUT2D eigenvalue weighted by Gasteiger charge is 1.90. The van der Waals surface area contributed by atoms with Crippen LogP contribution in [0.5, 0.6) is 5.75 Å². The van der Waals surface area contributed by atoms with E-state index in [4.69, 9.17) is 4.74 Å². The Morgan fingerprint density at radius 2 is 1.77 bits per heavy atom. The first-order valence-corrected chi connectivity index (χ1v) is 7.59. The van der Waals surface area contributed by atoms with Crippen LogP contribution in [0.1, 0.15) is 36.7 Å². The number of ether oxygens (including phenoxy) is 1. The van der Waals surface area contributed by atoms with Crippen molar-refractivity contribution in [2.45, 2.75) is 27.2 Å². The van der Waals surface area contributed by atoms with Crippen LogP contribution in [0.25, 0.3) is 0 Å². The van der Waals surface area contributed by atoms with Crippen molar-refractivity contribution in [3.8, 4) is 5.75 Å². The summed E-state index contributed by atoms with van der Waals surface area (Å²) in [6.07, 6.45) is 1.86. The summed E-state index contributed by atoms with van der Waals surface area (Å²) in [7, 11) is 3.55. The average Bonchev–Trinajstić information content (AvgIpc) is 2.63. The van der Waals surface area contributed by atoms with Crippen LogP contribution in [-0.4, -0.2) is 20.4 Å². The van der Waals surface area contributed by atoms with Crippen LogP contribution >= 0.6 is 0 Å². The van der Waals surface area contributed by atoms with Gasteiger partial charge in [0.2, 0.25) is 0 Å². The minimum Gasteiger partial charge on any atom is -0.497 e. The molecule has 0 radical (unpaired) electrons. The standard InChI is InChI=1S/C9H10O.C8H11NO.C2H6/c1-2-8-4-3-5-9(6-8)7-10;1-9-7-4-3-5-8(6-7)10-2;1-2/h3-7H,2H2,1H3;3-6,9H,1-2H3;1-2H3. The van der Waals surface area contributed by atoms with E-state index in [0.717, 1.165) is 29.7 Å². The van der Waals surface area contributed by atoms with Gasteiger partial charge in [0.25, 0.3) is 0 Å². The fourth-order valence-electron chi connectivity index (χ4n) is 1.66. The Morgan fingerprint density at radius 3 is 2.32 bits per heavy atom. The number of anilines is 1. The van der Waals surface area contributed by atoms with Crippen molar-refractivity contribution in [1.82, 2.24) is 0 Å². The van der Waals surface area contributed by atoms with E-state index in [1.165, 1.54) is 5.56 Å². The second-order valence-corrected chi connectivity index (χ2v) is 4.20. The van der Waals surface area contributed by atoms with Gasteiger partial charge in [0.1, 0.15) is 12.0 Å². The SMILES string of the molecule is CC.CCc1cccc(C=O)c1.CNc1cccc(OC)c1. The number of methoxy groups -OCH3 is 1. The van der Waals surface area contributed by atoms with E-state index in [0.29, 0.717) is 0 Å². The molecule has 0 saturated heterocycles. The number of rotatable bonds is 4. The lowest BCUT2D eigenvalue weighted by Crippen LogP contribution is -1.88. The van der Waals surface area contributed by atoms with Gasteiger partial charge in [0.15, 0.2) is 0 Å². The third-order valence-corrected chi connectivity index (χ3v) is 2.85. The van der Waals surface area contributed by atoms with E-state index in [1.807, 2.05) is 69.4 Å². The zero-order valence-corrected chi connectivity index (χ0v) is 14.2. The molecule has 0 aromatic heterocycles. The van der Waals surface area contributed by atoms with Crippen molar-refractivity contribution in [3.05, 3.63) is 59.7 Å². The first kappa shape index (κ1) is 19.7. The topological polar surface area (TPSA) is 38.3 Å². The molecule has 0 amide bonds. The third-order valence-electron chi connectivity index (χ3n) is 2.85. The van der Waals surface area contributed by atoms with Crippen molar-refractivity contribution >= 4 is 12.0 Å². The van der Waals surface area contributed by atoms with Gasteiger partial charge >= 0.3 is 0 Å². The molecule has 0 aliphatic rings. The van der Waals surface area contributed by atoms with E-state index in [1.54, 1.807) is 7.11 Å². The van der Waals surface area contributed by atoms with Crippen molar-refractivity contribution in [3.63, 3.8) is 0 Å². The molecular weight excluding hydrogens is 274 g/mol. The molecule has 1 N–H and O–H groups in total. The normalized spacial score (nSPS) is 8.59. The summed E-state index contributed by atoms with van der Waals surface area (Å²) in [5, 5.41) is 3.02. The first-order valence-electron chi connectivity index (χ1n) is 7.59. The summed E-state index contributed by atoms with van der Waals surface area (Å²) in [5.41, 5.74) is 3.04. The van der Waals surface area contributed by atoms with Crippen LogP contribution in [0.2, 0.25) is 0 Å². The van der Waals surface area contributed by atoms with Crippen molar-refractivity contribution in [1.29, 1.82) is 0 Å². The second-order valence-electron chi connectivity index (χ2n) is 4.20. The van der Waals surface area contributed by atoms with Crippen LogP contribution in [-0.2, 0) is 6.42 Å². The molecule has 3 heteroatoms. The molecule has 0 aliphatic heterocycles. The lowest BCUT2D eigenvalue weighted by molar-refractivity contribution is 0.112. The third kappa shape index (κ3) is 7.48. The molecule has 2 aromatic rings. The summed E-state index contributed by atoms with van der Waals surface area (Å²) in [6.45, 7) is 6.07. The Morgan fingerprint density at radius 1 is 1.09 bits per heavy atom. The number of nitrogens with one attached hydrogen (secondary N) is 1. The quantitative estimate of drug-likeness (QED) is 0.822. The monoisotopic (exact) mass is 301 g/mol. The van der Waals surface area contributed by atoms with Gasteiger partial charge < -0.3 is 10.1 Å². The highest BCUT2D eigenvalue weighted by Crippen LogP contribution is 2.15. The van der Waals surface area contributed by atoms with E-state index in [9.17, 15) is 4.79 Å². The Labute approximate surface area is 134 Å². The van der Waals surface area contributed by atoms with Crippen LogP contribution in [0.15, 0.2) is 48.5 Å². The minimum absolute atomic E-state index is 0.763. The largest absolute Gasteiger partial charge is 0.497 e. The molecule has 0 heterocycles. The van der Waals surface area contributed by atoms with Crippen LogP contribution in [0, 0.1) is 0 Å². The molecule has 2 rings (SSSR count). The fourth-order valence-corrected chi connectivity index (χ4v) is 1.66. The van der Waals surface area contributed by atoms with Crippen LogP contribution < -0.4 is 10.1 Å². The summed E-state index contributed by atoms with van der Waals surface area (Å²) in [5.74, 6) is 0.881. The summed E-state index contributed by atoms with van der Waals surface area (Å²) in [4.78, 5) is 10.3. The molecule has 2 aromatic carbocycles. The van der Waals surface area contributed by atoms with Crippen molar-refractivity contribution in [2.75, 3.05) is 19.5 Å². The van der Waals surface area contributed by atoms with E-state index in [-0.39, 0.29) is 0 Å². The van der Waals surface area contributed by atoms with E-state index < -0.39 is 0 Å². The second kappa shape index (κ2) is 12.5. The number of hydrogen-bond acceptors (Lipinski definition) is 3. The molecule has 0 spiro atoms. The van der Waals surface area contributed by atoms with Crippen molar-refractivity contribution < 1.29 is 9.53 Å². The summed E-state index contributed by atoms with van der Waals surface area (Å²) >= 11 is 0. The van der Waals surface area contributed by atoms with Gasteiger partial charge in [0, 0.05) is 24.4 Å². The Hall–Kier alpha value is -2.29. The Bertz CT molecular complexity index is 519. The number of benzene rings is 2. The molecule has 0 atom stereocenters. The van der Waals surface area contributed by atoms with E-state index in [2.05, 4.69) is 12.2 Å². The maximum Gasteiger partial charge on any atom is 0.150 e. The fraction of sp³-hybridized carbons (Fsp3) is 0.316. The number of aldehydes is 1. The Kier molecular flexibility index (Phi) is 11.2. The predicted octanol–water partition coefficient (Wildman–Crippen LogP) is 4.82. The molecule has 0 bridgehead atoms. The summed E-state index contributed by atoms with van der Waals surface area (Å²) in [6, 6.07) is 15.4. The maximum absolute atomic E-state index is 10.3. The number of carbonyl (C=O) groups is 1. The molecular formula is C19H27NO2. The Balaban J connectivity index is 0.000000360. The number of aryl methyl sites for hydroxylation is 1. The zero-order valence-electron chi connectivity index (χ0n) is 14.2. The van der Waals surface area contributed by atoms with Gasteiger partial charge in [-0.3, -0.25) is 4.79 Å². The van der Waals surface area contributed by atoms with Gasteiger partial charge in [-0.2, -0.15) is 0 Å². The molecule has 0 saturated carbocycles. The highest BCUT2D eigenvalue weighted by atomic mass is 16.5. The number of hydrogen-bond donors (Lipinski definition) is 1. The van der Waals surface area contributed by atoms with Gasteiger partial charge in [-0.1, -0.05) is 45.0 Å². The minimum atomic E-state index is 0.763. The van der Waals surface area contributed by atoms with Gasteiger partial charge in [0.05, 0.1) is 7.11 Å². The van der Waals surface area contributed by atoms with Gasteiger partial charge in [-0.15, -0.1) is 0 Å². The summed E-state index contributed by atoms with van der Waals surface area (Å²) < 4.78 is 5.02. The van der Waals surface area contributed by atoms with Crippen LogP contribution in [0.4, 0.5) is 5.69 Å². The van der Waals surface area contributed by atoms with Gasteiger partial charge in [-0.25, -0.2) is 0 Å². The maximum atomic E-state index is 10.3. The molecule has 0 unspecified atom stereocenters. The smallest absolute Gasteiger partial charge is 0.150 e.